The number of nitrogens with one attached hydrogen (secondary N) is 3. The Morgan fingerprint density at radius 2 is 1.86 bits per heavy atom. The molecule has 1 heterocycles. The largest absolute Gasteiger partial charge is 0.328 e. The van der Waals surface area contributed by atoms with Crippen LogP contribution >= 0.6 is 23.2 Å². The molecule has 0 fully saturated rings. The number of benzene rings is 2. The Hall–Kier alpha value is -1.39. The summed E-state index contributed by atoms with van der Waals surface area (Å²) in [4.78, 5) is 2.19. The third-order valence-corrected chi connectivity index (χ3v) is 6.57. The quantitative estimate of drug-likeness (QED) is 0.598. The molecule has 2 aromatic rings. The van der Waals surface area contributed by atoms with Crippen molar-refractivity contribution in [3.05, 3.63) is 63.1 Å². The molecule has 3 rings (SSSR count). The van der Waals surface area contributed by atoms with E-state index in [1.807, 2.05) is 31.3 Å². The molecule has 1 unspecified atom stereocenters. The summed E-state index contributed by atoms with van der Waals surface area (Å²) in [5.74, 6) is 0.0270. The molecule has 152 valence electrons. The molecule has 3 N–H and O–H groups in total. The van der Waals surface area contributed by atoms with Gasteiger partial charge < -0.3 is 4.90 Å². The van der Waals surface area contributed by atoms with Gasteiger partial charge in [-0.15, -0.1) is 0 Å². The lowest BCUT2D eigenvalue weighted by molar-refractivity contribution is 0.281. The van der Waals surface area contributed by atoms with Crippen molar-refractivity contribution >= 4 is 39.1 Å². The number of hydrogen-bond acceptors (Lipinski definition) is 5. The van der Waals surface area contributed by atoms with E-state index in [1.165, 1.54) is 14.1 Å². The molecule has 0 radical (unpaired) electrons. The molecular formula is C18H23Cl2N5O2S. The van der Waals surface area contributed by atoms with Crippen molar-refractivity contribution in [3.8, 4) is 0 Å². The van der Waals surface area contributed by atoms with Crippen molar-refractivity contribution in [1.82, 2.24) is 20.3 Å². The van der Waals surface area contributed by atoms with Crippen LogP contribution in [-0.2, 0) is 16.8 Å². The maximum absolute atomic E-state index is 12.4. The first-order valence-electron chi connectivity index (χ1n) is 8.69. The van der Waals surface area contributed by atoms with Gasteiger partial charge in [0.25, 0.3) is 0 Å². The van der Waals surface area contributed by atoms with Crippen LogP contribution in [0.5, 0.6) is 0 Å². The van der Waals surface area contributed by atoms with E-state index in [9.17, 15) is 8.42 Å². The second kappa shape index (κ2) is 8.54. The van der Waals surface area contributed by atoms with Crippen LogP contribution < -0.4 is 15.6 Å². The number of fused-ring (bicyclic) bond motifs is 1. The first-order valence-corrected chi connectivity index (χ1v) is 10.9. The normalized spacial score (nSPS) is 17.6. The second-order valence-corrected chi connectivity index (χ2v) is 9.01. The van der Waals surface area contributed by atoms with Gasteiger partial charge in [-0.1, -0.05) is 39.9 Å². The van der Waals surface area contributed by atoms with E-state index in [2.05, 4.69) is 20.5 Å². The van der Waals surface area contributed by atoms with Crippen LogP contribution in [0.2, 0.25) is 10.0 Å². The standard InChI is InChI=1S/C18H23Cl2N5O2S/c1-21-25(22-2)28(26,27)23-14-6-4-5-12(7-14)16-10-24(3)11-17-15(16)8-13(19)9-18(17)20/h4-9,16,21-23H,10-11H2,1-3H3. The Morgan fingerprint density at radius 3 is 2.54 bits per heavy atom. The molecule has 1 atom stereocenters. The summed E-state index contributed by atoms with van der Waals surface area (Å²) in [6, 6.07) is 11.1. The van der Waals surface area contributed by atoms with Crippen molar-refractivity contribution in [2.24, 2.45) is 0 Å². The van der Waals surface area contributed by atoms with Crippen LogP contribution in [0.25, 0.3) is 0 Å². The highest BCUT2D eigenvalue weighted by Gasteiger charge is 2.27. The lowest BCUT2D eigenvalue weighted by atomic mass is 9.84. The van der Waals surface area contributed by atoms with E-state index >= 15 is 0 Å². The maximum Gasteiger partial charge on any atom is 0.328 e. The number of rotatable bonds is 6. The average Bonchev–Trinajstić information content (AvgIpc) is 2.62. The summed E-state index contributed by atoms with van der Waals surface area (Å²) in [7, 11) is 1.25. The molecule has 7 nitrogen and oxygen atoms in total. The predicted molar refractivity (Wildman–Crippen MR) is 114 cm³/mol. The summed E-state index contributed by atoms with van der Waals surface area (Å²) in [5.41, 5.74) is 8.68. The molecule has 2 aromatic carbocycles. The van der Waals surface area contributed by atoms with Gasteiger partial charge in [-0.25, -0.2) is 10.9 Å². The van der Waals surface area contributed by atoms with Gasteiger partial charge in [0.2, 0.25) is 0 Å². The number of nitrogens with zero attached hydrogens (tertiary/aromatic N) is 2. The Labute approximate surface area is 175 Å². The molecule has 10 heteroatoms. The zero-order valence-corrected chi connectivity index (χ0v) is 18.2. The zero-order valence-electron chi connectivity index (χ0n) is 15.8. The van der Waals surface area contributed by atoms with E-state index in [0.717, 1.165) is 34.3 Å². The van der Waals surface area contributed by atoms with E-state index in [1.54, 1.807) is 12.1 Å². The summed E-state index contributed by atoms with van der Waals surface area (Å²) >= 11 is 12.7. The molecule has 1 aliphatic rings. The predicted octanol–water partition coefficient (Wildman–Crippen LogP) is 2.80. The maximum atomic E-state index is 12.4. The third-order valence-electron chi connectivity index (χ3n) is 4.67. The fraction of sp³-hybridized carbons (Fsp3) is 0.333. The van der Waals surface area contributed by atoms with Crippen LogP contribution in [0.1, 0.15) is 22.6 Å². The summed E-state index contributed by atoms with van der Waals surface area (Å²) in [6.45, 7) is 1.52. The van der Waals surface area contributed by atoms with Gasteiger partial charge in [-0.3, -0.25) is 4.72 Å². The second-order valence-electron chi connectivity index (χ2n) is 6.65. The minimum Gasteiger partial charge on any atom is -0.301 e. The van der Waals surface area contributed by atoms with Crippen LogP contribution in [-0.4, -0.2) is 45.5 Å². The lowest BCUT2D eigenvalue weighted by Gasteiger charge is -2.33. The number of anilines is 1. The molecule has 1 aliphatic heterocycles. The van der Waals surface area contributed by atoms with Crippen LogP contribution in [0.4, 0.5) is 5.69 Å². The Bertz CT molecular complexity index is 966. The zero-order chi connectivity index (χ0) is 20.5. The highest BCUT2D eigenvalue weighted by Crippen LogP contribution is 2.38. The molecule has 28 heavy (non-hydrogen) atoms. The first kappa shape index (κ1) is 21.3. The van der Waals surface area contributed by atoms with Gasteiger partial charge in [0.05, 0.1) is 5.69 Å². The van der Waals surface area contributed by atoms with E-state index < -0.39 is 10.2 Å². The Morgan fingerprint density at radius 1 is 1.14 bits per heavy atom. The van der Waals surface area contributed by atoms with Gasteiger partial charge in [-0.05, 0) is 48.0 Å². The summed E-state index contributed by atoms with van der Waals surface area (Å²) in [5, 5.41) is 1.24. The molecule has 0 saturated carbocycles. The molecule has 0 spiro atoms. The highest BCUT2D eigenvalue weighted by atomic mass is 35.5. The minimum absolute atomic E-state index is 0.0270. The SMILES string of the molecule is CNN(NC)S(=O)(=O)Nc1cccc(C2CN(C)Cc3c(Cl)cc(Cl)cc32)c1. The average molecular weight is 444 g/mol. The van der Waals surface area contributed by atoms with E-state index in [-0.39, 0.29) is 5.92 Å². The van der Waals surface area contributed by atoms with Gasteiger partial charge >= 0.3 is 10.2 Å². The number of hydrazine groups is 2. The number of hydrogen-bond donors (Lipinski definition) is 3. The Kier molecular flexibility index (Phi) is 6.51. The van der Waals surface area contributed by atoms with Crippen LogP contribution in [0, 0.1) is 0 Å². The van der Waals surface area contributed by atoms with E-state index in [0.29, 0.717) is 15.7 Å². The summed E-state index contributed by atoms with van der Waals surface area (Å²) in [6.07, 6.45) is 0. The summed E-state index contributed by atoms with van der Waals surface area (Å²) < 4.78 is 28.3. The number of halogens is 2. The number of likely N-dealkylation sites (N-methyl/N-ethyl adjacent to an activating group) is 1. The van der Waals surface area contributed by atoms with Crippen molar-refractivity contribution in [1.29, 1.82) is 0 Å². The highest BCUT2D eigenvalue weighted by molar-refractivity contribution is 7.90. The van der Waals surface area contributed by atoms with Gasteiger partial charge in [-0.2, -0.15) is 8.42 Å². The molecule has 0 bridgehead atoms. The molecule has 0 amide bonds. The van der Waals surface area contributed by atoms with Crippen LogP contribution in [0.15, 0.2) is 36.4 Å². The lowest BCUT2D eigenvalue weighted by Crippen LogP contribution is -2.50. The first-order chi connectivity index (χ1) is 13.2. The fourth-order valence-electron chi connectivity index (χ4n) is 3.50. The third kappa shape index (κ3) is 4.44. The smallest absolute Gasteiger partial charge is 0.301 e. The molecule has 0 saturated heterocycles. The van der Waals surface area contributed by atoms with Gasteiger partial charge in [0, 0.05) is 43.1 Å². The fourth-order valence-corrected chi connectivity index (χ4v) is 5.06. The van der Waals surface area contributed by atoms with Crippen molar-refractivity contribution in [2.75, 3.05) is 32.4 Å². The van der Waals surface area contributed by atoms with Crippen LogP contribution in [0.3, 0.4) is 0 Å². The monoisotopic (exact) mass is 443 g/mol. The van der Waals surface area contributed by atoms with Crippen molar-refractivity contribution < 1.29 is 8.42 Å². The molecule has 0 aromatic heterocycles. The minimum atomic E-state index is -3.80. The van der Waals surface area contributed by atoms with Crippen molar-refractivity contribution in [2.45, 2.75) is 12.5 Å². The van der Waals surface area contributed by atoms with Gasteiger partial charge in [0.1, 0.15) is 0 Å². The van der Waals surface area contributed by atoms with Gasteiger partial charge in [0.15, 0.2) is 0 Å². The topological polar surface area (TPSA) is 76.7 Å². The van der Waals surface area contributed by atoms with E-state index in [4.69, 9.17) is 23.2 Å². The molecule has 0 aliphatic carbocycles. The molecular weight excluding hydrogens is 421 g/mol. The Balaban J connectivity index is 1.97. The van der Waals surface area contributed by atoms with Crippen molar-refractivity contribution in [3.63, 3.8) is 0 Å².